The molecule has 1 aliphatic rings. The van der Waals surface area contributed by atoms with Crippen molar-refractivity contribution in [2.45, 2.75) is 31.7 Å². The van der Waals surface area contributed by atoms with Gasteiger partial charge in [0.2, 0.25) is 5.95 Å². The SMILES string of the molecule is CCc1cnc(NCC2(N(C)C)CCOCC2)nc1. The average molecular weight is 264 g/mol. The fourth-order valence-corrected chi connectivity index (χ4v) is 2.41. The number of ether oxygens (including phenoxy) is 1. The molecule has 0 amide bonds. The van der Waals surface area contributed by atoms with Crippen molar-refractivity contribution >= 4 is 5.95 Å². The molecule has 19 heavy (non-hydrogen) atoms. The maximum atomic E-state index is 5.47. The summed E-state index contributed by atoms with van der Waals surface area (Å²) in [4.78, 5) is 11.0. The average Bonchev–Trinajstić information content (AvgIpc) is 2.46. The monoisotopic (exact) mass is 264 g/mol. The number of aryl methyl sites for hydroxylation is 1. The van der Waals surface area contributed by atoms with Crippen LogP contribution in [0.15, 0.2) is 12.4 Å². The summed E-state index contributed by atoms with van der Waals surface area (Å²) in [7, 11) is 4.27. The molecule has 1 saturated heterocycles. The number of likely N-dealkylation sites (N-methyl/N-ethyl adjacent to an activating group) is 1. The van der Waals surface area contributed by atoms with Gasteiger partial charge in [0.1, 0.15) is 0 Å². The molecular formula is C14H24N4O. The first kappa shape index (κ1) is 14.2. The highest BCUT2D eigenvalue weighted by Crippen LogP contribution is 2.25. The molecule has 1 fully saturated rings. The predicted octanol–water partition coefficient (Wildman–Crippen LogP) is 1.56. The molecule has 0 unspecified atom stereocenters. The minimum absolute atomic E-state index is 0.144. The van der Waals surface area contributed by atoms with E-state index in [1.54, 1.807) is 0 Å². The number of hydrogen-bond acceptors (Lipinski definition) is 5. The van der Waals surface area contributed by atoms with E-state index in [1.165, 1.54) is 5.56 Å². The molecule has 1 aromatic rings. The van der Waals surface area contributed by atoms with Crippen LogP contribution in [0.25, 0.3) is 0 Å². The predicted molar refractivity (Wildman–Crippen MR) is 76.4 cm³/mol. The summed E-state index contributed by atoms with van der Waals surface area (Å²) in [5.41, 5.74) is 1.31. The van der Waals surface area contributed by atoms with Gasteiger partial charge in [-0.2, -0.15) is 0 Å². The van der Waals surface area contributed by atoms with E-state index in [0.29, 0.717) is 5.95 Å². The van der Waals surface area contributed by atoms with Crippen molar-refractivity contribution in [1.29, 1.82) is 0 Å². The zero-order valence-corrected chi connectivity index (χ0v) is 12.1. The van der Waals surface area contributed by atoms with Crippen LogP contribution in [-0.4, -0.2) is 54.3 Å². The Kier molecular flexibility index (Phi) is 4.71. The van der Waals surface area contributed by atoms with Crippen molar-refractivity contribution in [3.8, 4) is 0 Å². The van der Waals surface area contributed by atoms with Gasteiger partial charge < -0.3 is 15.0 Å². The lowest BCUT2D eigenvalue weighted by molar-refractivity contribution is -0.000703. The molecule has 0 saturated carbocycles. The number of nitrogens with one attached hydrogen (secondary N) is 1. The van der Waals surface area contributed by atoms with Gasteiger partial charge in [-0.25, -0.2) is 9.97 Å². The molecule has 1 N–H and O–H groups in total. The molecular weight excluding hydrogens is 240 g/mol. The Morgan fingerprint density at radius 1 is 1.26 bits per heavy atom. The molecule has 0 spiro atoms. The van der Waals surface area contributed by atoms with Gasteiger partial charge in [0.15, 0.2) is 0 Å². The summed E-state index contributed by atoms with van der Waals surface area (Å²) in [6.07, 6.45) is 6.84. The maximum Gasteiger partial charge on any atom is 0.222 e. The lowest BCUT2D eigenvalue weighted by Crippen LogP contribution is -2.53. The van der Waals surface area contributed by atoms with Crippen molar-refractivity contribution in [2.24, 2.45) is 0 Å². The summed E-state index contributed by atoms with van der Waals surface area (Å²) < 4.78 is 5.47. The highest BCUT2D eigenvalue weighted by Gasteiger charge is 2.34. The Bertz CT molecular complexity index is 385. The number of aromatic nitrogens is 2. The highest BCUT2D eigenvalue weighted by atomic mass is 16.5. The Balaban J connectivity index is 1.98. The second-order valence-corrected chi connectivity index (χ2v) is 5.35. The minimum atomic E-state index is 0.144. The molecule has 2 rings (SSSR count). The van der Waals surface area contributed by atoms with Crippen molar-refractivity contribution in [3.05, 3.63) is 18.0 Å². The number of nitrogens with zero attached hydrogens (tertiary/aromatic N) is 3. The quantitative estimate of drug-likeness (QED) is 0.874. The summed E-state index contributed by atoms with van der Waals surface area (Å²) in [6.45, 7) is 4.62. The first-order valence-corrected chi connectivity index (χ1v) is 6.96. The molecule has 5 nitrogen and oxygen atoms in total. The van der Waals surface area contributed by atoms with E-state index < -0.39 is 0 Å². The Labute approximate surface area is 115 Å². The first-order chi connectivity index (χ1) is 9.16. The van der Waals surface area contributed by atoms with Crippen LogP contribution in [0.4, 0.5) is 5.95 Å². The second-order valence-electron chi connectivity index (χ2n) is 5.35. The van der Waals surface area contributed by atoms with E-state index >= 15 is 0 Å². The summed E-state index contributed by atoms with van der Waals surface area (Å²) in [6, 6.07) is 0. The van der Waals surface area contributed by atoms with Gasteiger partial charge in [0.25, 0.3) is 0 Å². The van der Waals surface area contributed by atoms with Gasteiger partial charge in [0.05, 0.1) is 0 Å². The Hall–Kier alpha value is -1.20. The lowest BCUT2D eigenvalue weighted by atomic mass is 9.88. The molecule has 5 heteroatoms. The maximum absolute atomic E-state index is 5.47. The zero-order valence-electron chi connectivity index (χ0n) is 12.1. The van der Waals surface area contributed by atoms with Crippen LogP contribution in [-0.2, 0) is 11.2 Å². The van der Waals surface area contributed by atoms with Crippen LogP contribution in [0.5, 0.6) is 0 Å². The molecule has 0 aromatic carbocycles. The lowest BCUT2D eigenvalue weighted by Gasteiger charge is -2.42. The van der Waals surface area contributed by atoms with Gasteiger partial charge in [-0.05, 0) is 38.9 Å². The van der Waals surface area contributed by atoms with E-state index in [0.717, 1.165) is 39.0 Å². The fourth-order valence-electron chi connectivity index (χ4n) is 2.41. The smallest absolute Gasteiger partial charge is 0.222 e. The topological polar surface area (TPSA) is 50.3 Å². The van der Waals surface area contributed by atoms with Crippen LogP contribution in [0, 0.1) is 0 Å². The first-order valence-electron chi connectivity index (χ1n) is 6.96. The summed E-state index contributed by atoms with van der Waals surface area (Å²) in [5.74, 6) is 0.713. The molecule has 0 atom stereocenters. The third kappa shape index (κ3) is 3.42. The van der Waals surface area contributed by atoms with Crippen molar-refractivity contribution in [3.63, 3.8) is 0 Å². The molecule has 0 aliphatic carbocycles. The van der Waals surface area contributed by atoms with E-state index in [1.807, 2.05) is 12.4 Å². The molecule has 106 valence electrons. The van der Waals surface area contributed by atoms with Gasteiger partial charge in [0, 0.05) is 37.7 Å². The standard InChI is InChI=1S/C14H24N4O/c1-4-12-9-15-13(16-10-12)17-11-14(18(2)3)5-7-19-8-6-14/h9-10H,4-8,11H2,1-3H3,(H,15,16,17). The fraction of sp³-hybridized carbons (Fsp3) is 0.714. The van der Waals surface area contributed by atoms with Crippen LogP contribution in [0.1, 0.15) is 25.3 Å². The van der Waals surface area contributed by atoms with Gasteiger partial charge in [-0.1, -0.05) is 6.92 Å². The van der Waals surface area contributed by atoms with Gasteiger partial charge in [-0.15, -0.1) is 0 Å². The normalized spacial score (nSPS) is 18.5. The van der Waals surface area contributed by atoms with Crippen LogP contribution < -0.4 is 5.32 Å². The van der Waals surface area contributed by atoms with Crippen molar-refractivity contribution < 1.29 is 4.74 Å². The zero-order chi connectivity index (χ0) is 13.7. The summed E-state index contributed by atoms with van der Waals surface area (Å²) in [5, 5.41) is 3.37. The summed E-state index contributed by atoms with van der Waals surface area (Å²) >= 11 is 0. The van der Waals surface area contributed by atoms with E-state index in [2.05, 4.69) is 41.2 Å². The molecule has 2 heterocycles. The van der Waals surface area contributed by atoms with Gasteiger partial charge >= 0.3 is 0 Å². The molecule has 0 bridgehead atoms. The van der Waals surface area contributed by atoms with E-state index in [9.17, 15) is 0 Å². The van der Waals surface area contributed by atoms with Crippen molar-refractivity contribution in [1.82, 2.24) is 14.9 Å². The number of rotatable bonds is 5. The van der Waals surface area contributed by atoms with Crippen LogP contribution in [0.2, 0.25) is 0 Å². The third-order valence-corrected chi connectivity index (χ3v) is 4.06. The molecule has 1 aromatic heterocycles. The second kappa shape index (κ2) is 6.30. The Morgan fingerprint density at radius 2 is 1.89 bits per heavy atom. The minimum Gasteiger partial charge on any atom is -0.381 e. The van der Waals surface area contributed by atoms with Crippen LogP contribution in [0.3, 0.4) is 0 Å². The number of anilines is 1. The van der Waals surface area contributed by atoms with E-state index in [4.69, 9.17) is 4.74 Å². The van der Waals surface area contributed by atoms with E-state index in [-0.39, 0.29) is 5.54 Å². The van der Waals surface area contributed by atoms with Gasteiger partial charge in [-0.3, -0.25) is 0 Å². The molecule has 0 radical (unpaired) electrons. The Morgan fingerprint density at radius 3 is 2.42 bits per heavy atom. The van der Waals surface area contributed by atoms with Crippen LogP contribution >= 0.6 is 0 Å². The highest BCUT2D eigenvalue weighted by molar-refractivity contribution is 5.26. The largest absolute Gasteiger partial charge is 0.381 e. The van der Waals surface area contributed by atoms with Crippen molar-refractivity contribution in [2.75, 3.05) is 39.2 Å². The number of hydrogen-bond donors (Lipinski definition) is 1. The molecule has 1 aliphatic heterocycles. The third-order valence-electron chi connectivity index (χ3n) is 4.06.